The Morgan fingerprint density at radius 1 is 1.02 bits per heavy atom. The second kappa shape index (κ2) is 12.3. The molecule has 2 unspecified atom stereocenters. The SMILES string of the molecule is CC(C)Oc1cc(C(=O)C2CC2)cc2sc(OC3CO[C@@H]4C(OCc5c(-c6ccccc6OC(F)(F)F)noc5C5CC5)CO[C@H]34)nc12. The van der Waals surface area contributed by atoms with Crippen LogP contribution in [0.1, 0.15) is 67.1 Å². The molecule has 4 fully saturated rings. The molecular formula is C34H33F3N2O8S. The molecule has 4 aromatic rings. The minimum Gasteiger partial charge on any atom is -0.489 e. The molecule has 8 rings (SSSR count). The lowest BCUT2D eigenvalue weighted by atomic mass is 10.0. The Morgan fingerprint density at radius 2 is 1.77 bits per heavy atom. The summed E-state index contributed by atoms with van der Waals surface area (Å²) in [7, 11) is 0. The van der Waals surface area contributed by atoms with Gasteiger partial charge >= 0.3 is 6.36 Å². The summed E-state index contributed by atoms with van der Waals surface area (Å²) in [6.45, 7) is 4.38. The van der Waals surface area contributed by atoms with Crippen molar-refractivity contribution >= 4 is 27.3 Å². The summed E-state index contributed by atoms with van der Waals surface area (Å²) in [6, 6.07) is 9.49. The lowest BCUT2D eigenvalue weighted by Crippen LogP contribution is -2.35. The Bertz CT molecular complexity index is 1830. The summed E-state index contributed by atoms with van der Waals surface area (Å²) in [6.07, 6.45) is -3.11. The number of aromatic nitrogens is 2. The van der Waals surface area contributed by atoms with Crippen LogP contribution in [0.4, 0.5) is 13.2 Å². The van der Waals surface area contributed by atoms with Gasteiger partial charge in [-0.15, -0.1) is 13.2 Å². The Hall–Kier alpha value is -3.72. The molecule has 2 aromatic heterocycles. The number of carbonyl (C=O) groups is 1. The number of thiazole rings is 1. The van der Waals surface area contributed by atoms with Gasteiger partial charge in [0.2, 0.25) is 0 Å². The largest absolute Gasteiger partial charge is 0.573 e. The highest BCUT2D eigenvalue weighted by molar-refractivity contribution is 7.20. The molecule has 2 saturated carbocycles. The van der Waals surface area contributed by atoms with E-state index in [1.165, 1.54) is 29.5 Å². The van der Waals surface area contributed by atoms with Crippen molar-refractivity contribution in [2.75, 3.05) is 13.2 Å². The smallest absolute Gasteiger partial charge is 0.489 e. The van der Waals surface area contributed by atoms with Crippen molar-refractivity contribution in [2.45, 2.75) is 88.9 Å². The van der Waals surface area contributed by atoms with Crippen molar-refractivity contribution in [1.29, 1.82) is 0 Å². The van der Waals surface area contributed by atoms with Gasteiger partial charge in [-0.05, 0) is 63.8 Å². The van der Waals surface area contributed by atoms with Gasteiger partial charge in [-0.2, -0.15) is 4.98 Å². The molecule has 4 atom stereocenters. The van der Waals surface area contributed by atoms with E-state index in [9.17, 15) is 18.0 Å². The molecule has 0 spiro atoms. The average Bonchev–Trinajstić information content (AvgIpc) is 3.90. The van der Waals surface area contributed by atoms with Gasteiger partial charge in [-0.25, -0.2) is 0 Å². The number of hydrogen-bond acceptors (Lipinski definition) is 11. The van der Waals surface area contributed by atoms with Crippen LogP contribution in [0.3, 0.4) is 0 Å². The minimum atomic E-state index is -4.86. The molecule has 2 saturated heterocycles. The fourth-order valence-corrected chi connectivity index (χ4v) is 7.23. The van der Waals surface area contributed by atoms with Crippen LogP contribution in [0.25, 0.3) is 21.5 Å². The van der Waals surface area contributed by atoms with E-state index < -0.39 is 30.8 Å². The highest BCUT2D eigenvalue weighted by Gasteiger charge is 2.50. The first-order valence-corrected chi connectivity index (χ1v) is 16.9. The molecular weight excluding hydrogens is 653 g/mol. The molecule has 48 heavy (non-hydrogen) atoms. The summed E-state index contributed by atoms with van der Waals surface area (Å²) >= 11 is 1.34. The van der Waals surface area contributed by atoms with Gasteiger partial charge < -0.3 is 32.9 Å². The number of carbonyl (C=O) groups excluding carboxylic acids is 1. The maximum absolute atomic E-state index is 13.2. The fourth-order valence-electron chi connectivity index (χ4n) is 6.30. The van der Waals surface area contributed by atoms with Crippen LogP contribution in [0.5, 0.6) is 16.7 Å². The highest BCUT2D eigenvalue weighted by Crippen LogP contribution is 2.46. The van der Waals surface area contributed by atoms with Gasteiger partial charge in [0.15, 0.2) is 11.9 Å². The molecule has 0 amide bonds. The van der Waals surface area contributed by atoms with Crippen LogP contribution in [-0.4, -0.2) is 66.0 Å². The number of nitrogens with zero attached hydrogens (tertiary/aromatic N) is 2. The molecule has 10 nitrogen and oxygen atoms in total. The van der Waals surface area contributed by atoms with Crippen molar-refractivity contribution in [1.82, 2.24) is 10.1 Å². The number of ether oxygens (including phenoxy) is 6. The lowest BCUT2D eigenvalue weighted by Gasteiger charge is -2.18. The van der Waals surface area contributed by atoms with E-state index in [1.807, 2.05) is 19.9 Å². The van der Waals surface area contributed by atoms with Crippen LogP contribution in [0.2, 0.25) is 0 Å². The third-order valence-electron chi connectivity index (χ3n) is 8.83. The first-order chi connectivity index (χ1) is 23.1. The van der Waals surface area contributed by atoms with Gasteiger partial charge in [-0.1, -0.05) is 28.6 Å². The molecule has 4 aliphatic rings. The van der Waals surface area contributed by atoms with Crippen LogP contribution >= 0.6 is 11.3 Å². The Morgan fingerprint density at radius 3 is 2.50 bits per heavy atom. The third-order valence-corrected chi connectivity index (χ3v) is 9.72. The molecule has 2 aliphatic heterocycles. The fraction of sp³-hybridized carbons (Fsp3) is 0.500. The van der Waals surface area contributed by atoms with Crippen LogP contribution in [-0.2, 0) is 20.8 Å². The summed E-state index contributed by atoms with van der Waals surface area (Å²) in [5.74, 6) is 1.13. The highest BCUT2D eigenvalue weighted by atomic mass is 32.1. The number of hydrogen-bond donors (Lipinski definition) is 0. The van der Waals surface area contributed by atoms with Crippen LogP contribution < -0.4 is 14.2 Å². The van der Waals surface area contributed by atoms with Gasteiger partial charge in [0.05, 0.1) is 30.6 Å². The summed E-state index contributed by atoms with van der Waals surface area (Å²) < 4.78 is 81.1. The predicted molar refractivity (Wildman–Crippen MR) is 166 cm³/mol. The first-order valence-electron chi connectivity index (χ1n) is 16.1. The number of para-hydroxylation sites is 1. The number of Topliss-reactive ketones (excluding diaryl/α,β-unsaturated/α-hetero) is 1. The number of ketones is 1. The van der Waals surface area contributed by atoms with Gasteiger partial charge in [0.25, 0.3) is 5.19 Å². The zero-order valence-electron chi connectivity index (χ0n) is 26.2. The molecule has 0 N–H and O–H groups in total. The maximum atomic E-state index is 13.2. The van der Waals surface area contributed by atoms with Crippen molar-refractivity contribution in [2.24, 2.45) is 5.92 Å². The normalized spacial score (nSPS) is 24.0. The van der Waals surface area contributed by atoms with Crippen LogP contribution in [0, 0.1) is 5.92 Å². The number of alkyl halides is 3. The van der Waals surface area contributed by atoms with Crippen molar-refractivity contribution in [3.05, 3.63) is 53.3 Å². The Balaban J connectivity index is 0.975. The summed E-state index contributed by atoms with van der Waals surface area (Å²) in [5.41, 5.74) is 2.25. The summed E-state index contributed by atoms with van der Waals surface area (Å²) in [5, 5.41) is 4.57. The van der Waals surface area contributed by atoms with E-state index in [0.717, 1.165) is 30.4 Å². The standard InChI is InChI=1S/C34H33F3N2O8S/c1-16(2)44-23-11-19(29(40)17-7-8-17)12-26-28(23)38-33(48-26)45-25-15-43-31-24(14-42-32(25)31)41-13-21-27(39-47-30(21)18-9-10-18)20-5-3-4-6-22(20)46-34(35,36)37/h3-6,11-12,16-18,24-25,31-32H,7-10,13-15H2,1-2H3/t24?,25?,31-,32-/m1/s1. The zero-order chi connectivity index (χ0) is 33.2. The first kappa shape index (κ1) is 31.5. The van der Waals surface area contributed by atoms with E-state index >= 15 is 0 Å². The Kier molecular flexibility index (Phi) is 8.09. The molecule has 254 valence electrons. The molecule has 2 aliphatic carbocycles. The average molecular weight is 687 g/mol. The monoisotopic (exact) mass is 686 g/mol. The van der Waals surface area contributed by atoms with E-state index in [1.54, 1.807) is 12.1 Å². The molecule has 4 heterocycles. The Labute approximate surface area is 277 Å². The van der Waals surface area contributed by atoms with E-state index in [2.05, 4.69) is 9.89 Å². The minimum absolute atomic E-state index is 0.0373. The molecule has 0 radical (unpaired) electrons. The second-order valence-corrected chi connectivity index (χ2v) is 13.9. The van der Waals surface area contributed by atoms with Gasteiger partial charge in [0, 0.05) is 28.5 Å². The van der Waals surface area contributed by atoms with Crippen LogP contribution in [0.15, 0.2) is 40.9 Å². The van der Waals surface area contributed by atoms with Gasteiger partial charge in [0.1, 0.15) is 46.8 Å². The van der Waals surface area contributed by atoms with E-state index in [4.69, 9.17) is 33.2 Å². The van der Waals surface area contributed by atoms with E-state index in [0.29, 0.717) is 33.3 Å². The quantitative estimate of drug-likeness (QED) is 0.142. The van der Waals surface area contributed by atoms with Crippen molar-refractivity contribution in [3.63, 3.8) is 0 Å². The zero-order valence-corrected chi connectivity index (χ0v) is 27.0. The lowest BCUT2D eigenvalue weighted by molar-refractivity contribution is -0.274. The molecule has 0 bridgehead atoms. The molecule has 2 aromatic carbocycles. The molecule has 14 heteroatoms. The number of halogens is 3. The number of fused-ring (bicyclic) bond motifs is 2. The maximum Gasteiger partial charge on any atom is 0.573 e. The second-order valence-electron chi connectivity index (χ2n) is 12.9. The number of rotatable bonds is 12. The predicted octanol–water partition coefficient (Wildman–Crippen LogP) is 7.24. The third kappa shape index (κ3) is 6.38. The van der Waals surface area contributed by atoms with Crippen molar-refractivity contribution in [3.8, 4) is 28.0 Å². The van der Waals surface area contributed by atoms with Gasteiger partial charge in [-0.3, -0.25) is 4.79 Å². The van der Waals surface area contributed by atoms with Crippen molar-refractivity contribution < 1.29 is 50.9 Å². The number of benzene rings is 2. The topological polar surface area (TPSA) is 111 Å². The summed E-state index contributed by atoms with van der Waals surface area (Å²) in [4.78, 5) is 17.6. The van der Waals surface area contributed by atoms with E-state index in [-0.39, 0.29) is 60.6 Å².